The van der Waals surface area contributed by atoms with Crippen molar-refractivity contribution in [1.29, 1.82) is 0 Å². The van der Waals surface area contributed by atoms with Crippen LogP contribution < -0.4 is 0 Å². The Hall–Kier alpha value is -1.52. The summed E-state index contributed by atoms with van der Waals surface area (Å²) in [7, 11) is 0. The topological polar surface area (TPSA) is 63.3 Å². The van der Waals surface area contributed by atoms with E-state index >= 15 is 0 Å². The fourth-order valence-corrected chi connectivity index (χ4v) is 2.09. The van der Waals surface area contributed by atoms with Crippen LogP contribution >= 0.6 is 23.2 Å². The Morgan fingerprint density at radius 3 is 2.60 bits per heavy atom. The van der Waals surface area contributed by atoms with Gasteiger partial charge in [0.2, 0.25) is 11.7 Å². The number of oxazole rings is 1. The number of hydrogen-bond acceptors (Lipinski definition) is 3. The molecule has 0 fully saturated rings. The second-order valence-electron chi connectivity index (χ2n) is 4.83. The number of aromatic nitrogens is 1. The van der Waals surface area contributed by atoms with Gasteiger partial charge in [0.25, 0.3) is 0 Å². The smallest absolute Gasteiger partial charge is 0.373 e. The molecule has 0 aliphatic rings. The summed E-state index contributed by atoms with van der Waals surface area (Å²) in [6, 6.07) is 4.90. The van der Waals surface area contributed by atoms with Crippen LogP contribution in [0, 0.1) is 5.92 Å². The Kier molecular flexibility index (Phi) is 4.35. The zero-order valence-electron chi connectivity index (χ0n) is 11.0. The van der Waals surface area contributed by atoms with E-state index in [9.17, 15) is 4.79 Å². The van der Waals surface area contributed by atoms with E-state index in [4.69, 9.17) is 32.7 Å². The van der Waals surface area contributed by atoms with Gasteiger partial charge >= 0.3 is 5.97 Å². The monoisotopic (exact) mass is 313 g/mol. The molecule has 0 aliphatic heterocycles. The van der Waals surface area contributed by atoms with Gasteiger partial charge in [0.1, 0.15) is 0 Å². The maximum atomic E-state index is 11.2. The van der Waals surface area contributed by atoms with Crippen LogP contribution in [0.3, 0.4) is 0 Å². The Morgan fingerprint density at radius 2 is 2.05 bits per heavy atom. The van der Waals surface area contributed by atoms with Gasteiger partial charge in [-0.3, -0.25) is 0 Å². The molecule has 0 radical (unpaired) electrons. The lowest BCUT2D eigenvalue weighted by Crippen LogP contribution is -2.03. The van der Waals surface area contributed by atoms with E-state index in [1.807, 2.05) is 13.8 Å². The van der Waals surface area contributed by atoms with Crippen molar-refractivity contribution in [3.05, 3.63) is 39.7 Å². The molecule has 0 aliphatic carbocycles. The number of halogens is 2. The molecule has 1 aromatic carbocycles. The molecule has 0 amide bonds. The lowest BCUT2D eigenvalue weighted by Gasteiger charge is -2.00. The summed E-state index contributed by atoms with van der Waals surface area (Å²) in [5.41, 5.74) is 1.03. The highest BCUT2D eigenvalue weighted by Gasteiger charge is 2.21. The van der Waals surface area contributed by atoms with Crippen molar-refractivity contribution >= 4 is 29.2 Å². The standard InChI is InChI=1S/C14H13Cl2NO3/c1-7(2)5-11-12(14(18)19)20-13(17-11)8-3-4-9(15)10(16)6-8/h3-4,6-7H,5H2,1-2H3,(H,18,19). The fourth-order valence-electron chi connectivity index (χ4n) is 1.80. The first kappa shape index (κ1) is 14.9. The highest BCUT2D eigenvalue weighted by molar-refractivity contribution is 6.42. The Balaban J connectivity index is 2.46. The molecule has 0 unspecified atom stereocenters. The SMILES string of the molecule is CC(C)Cc1nc(-c2ccc(Cl)c(Cl)c2)oc1C(=O)O. The van der Waals surface area contributed by atoms with Crippen LogP contribution in [0.25, 0.3) is 11.5 Å². The Morgan fingerprint density at radius 1 is 1.35 bits per heavy atom. The first-order valence-corrected chi connectivity index (χ1v) is 6.82. The predicted octanol–water partition coefficient (Wildman–Crippen LogP) is 4.55. The first-order valence-electron chi connectivity index (χ1n) is 6.07. The second-order valence-corrected chi connectivity index (χ2v) is 5.64. The zero-order valence-corrected chi connectivity index (χ0v) is 12.5. The molecule has 0 saturated heterocycles. The molecule has 0 spiro atoms. The van der Waals surface area contributed by atoms with E-state index in [1.165, 1.54) is 0 Å². The van der Waals surface area contributed by atoms with Gasteiger partial charge in [0, 0.05) is 5.56 Å². The minimum Gasteiger partial charge on any atom is -0.475 e. The van der Waals surface area contributed by atoms with Crippen LogP contribution in [0.2, 0.25) is 10.0 Å². The van der Waals surface area contributed by atoms with Crippen LogP contribution in [0.1, 0.15) is 30.1 Å². The quantitative estimate of drug-likeness (QED) is 0.899. The van der Waals surface area contributed by atoms with Crippen LogP contribution in [0.5, 0.6) is 0 Å². The van der Waals surface area contributed by atoms with Crippen molar-refractivity contribution in [3.8, 4) is 11.5 Å². The first-order chi connectivity index (χ1) is 9.38. The summed E-state index contributed by atoms with van der Waals surface area (Å²) in [4.78, 5) is 15.5. The van der Waals surface area contributed by atoms with Crippen LogP contribution in [0.15, 0.2) is 22.6 Å². The normalized spacial score (nSPS) is 11.1. The van der Waals surface area contributed by atoms with Crippen molar-refractivity contribution in [1.82, 2.24) is 4.98 Å². The van der Waals surface area contributed by atoms with Gasteiger partial charge in [-0.05, 0) is 30.5 Å². The van der Waals surface area contributed by atoms with Crippen molar-refractivity contribution < 1.29 is 14.3 Å². The van der Waals surface area contributed by atoms with Gasteiger partial charge in [0.15, 0.2) is 0 Å². The van der Waals surface area contributed by atoms with Crippen molar-refractivity contribution in [2.24, 2.45) is 5.92 Å². The molecule has 2 rings (SSSR count). The maximum absolute atomic E-state index is 11.2. The summed E-state index contributed by atoms with van der Waals surface area (Å²) < 4.78 is 5.35. The number of rotatable bonds is 4. The highest BCUT2D eigenvalue weighted by atomic mass is 35.5. The highest BCUT2D eigenvalue weighted by Crippen LogP contribution is 2.29. The van der Waals surface area contributed by atoms with Crippen molar-refractivity contribution in [3.63, 3.8) is 0 Å². The van der Waals surface area contributed by atoms with Crippen LogP contribution in [-0.2, 0) is 6.42 Å². The fraction of sp³-hybridized carbons (Fsp3) is 0.286. The molecular formula is C14H13Cl2NO3. The number of carboxylic acids is 1. The average molecular weight is 314 g/mol. The molecular weight excluding hydrogens is 301 g/mol. The molecule has 106 valence electrons. The van der Waals surface area contributed by atoms with E-state index in [2.05, 4.69) is 4.98 Å². The summed E-state index contributed by atoms with van der Waals surface area (Å²) in [5.74, 6) is -0.740. The molecule has 6 heteroatoms. The van der Waals surface area contributed by atoms with E-state index in [0.29, 0.717) is 27.7 Å². The number of carbonyl (C=O) groups is 1. The number of aromatic carboxylic acids is 1. The number of carboxylic acid groups (broad SMARTS) is 1. The average Bonchev–Trinajstić information content (AvgIpc) is 2.76. The second kappa shape index (κ2) is 5.85. The molecule has 1 heterocycles. The number of benzene rings is 1. The van der Waals surface area contributed by atoms with E-state index in [-0.39, 0.29) is 17.6 Å². The van der Waals surface area contributed by atoms with Gasteiger partial charge in [-0.15, -0.1) is 0 Å². The third kappa shape index (κ3) is 3.14. The number of hydrogen-bond donors (Lipinski definition) is 1. The maximum Gasteiger partial charge on any atom is 0.373 e. The zero-order chi connectivity index (χ0) is 14.9. The molecule has 2 aromatic rings. The van der Waals surface area contributed by atoms with Gasteiger partial charge in [-0.25, -0.2) is 9.78 Å². The Bertz CT molecular complexity index is 650. The molecule has 1 aromatic heterocycles. The van der Waals surface area contributed by atoms with Crippen molar-refractivity contribution in [2.45, 2.75) is 20.3 Å². The molecule has 0 saturated carbocycles. The molecule has 0 bridgehead atoms. The summed E-state index contributed by atoms with van der Waals surface area (Å²) in [5, 5.41) is 9.94. The van der Waals surface area contributed by atoms with Gasteiger partial charge in [-0.1, -0.05) is 37.0 Å². The predicted molar refractivity (Wildman–Crippen MR) is 77.5 cm³/mol. The number of nitrogens with zero attached hydrogens (tertiary/aromatic N) is 1. The summed E-state index contributed by atoms with van der Waals surface area (Å²) in [6.45, 7) is 3.97. The van der Waals surface area contributed by atoms with E-state index in [0.717, 1.165) is 0 Å². The van der Waals surface area contributed by atoms with Gasteiger partial charge < -0.3 is 9.52 Å². The molecule has 4 nitrogen and oxygen atoms in total. The molecule has 20 heavy (non-hydrogen) atoms. The van der Waals surface area contributed by atoms with Gasteiger partial charge in [-0.2, -0.15) is 0 Å². The molecule has 0 atom stereocenters. The van der Waals surface area contributed by atoms with Gasteiger partial charge in [0.05, 0.1) is 15.7 Å². The summed E-state index contributed by atoms with van der Waals surface area (Å²) >= 11 is 11.8. The van der Waals surface area contributed by atoms with Crippen LogP contribution in [0.4, 0.5) is 0 Å². The van der Waals surface area contributed by atoms with E-state index < -0.39 is 5.97 Å². The minimum atomic E-state index is -1.13. The largest absolute Gasteiger partial charge is 0.475 e. The third-order valence-corrected chi connectivity index (χ3v) is 3.40. The lowest BCUT2D eigenvalue weighted by atomic mass is 10.1. The lowest BCUT2D eigenvalue weighted by molar-refractivity contribution is 0.0661. The van der Waals surface area contributed by atoms with Crippen LogP contribution in [-0.4, -0.2) is 16.1 Å². The third-order valence-electron chi connectivity index (χ3n) is 2.66. The summed E-state index contributed by atoms with van der Waals surface area (Å²) in [6.07, 6.45) is 0.534. The molecule has 1 N–H and O–H groups in total. The van der Waals surface area contributed by atoms with E-state index in [1.54, 1.807) is 18.2 Å². The Labute approximate surface area is 126 Å². The minimum absolute atomic E-state index is 0.125. The van der Waals surface area contributed by atoms with Crippen molar-refractivity contribution in [2.75, 3.05) is 0 Å².